The standard InChI is InChI=1S/C21H24ClF3NO/c1-14(11-15-5-8-17(9-6-15)26(2,3)4)12-20(27)16-7-10-19(22)18(13-16)21(23,24)25/h5-10,13-14H,11-12H2,1-4H3/q+1. The van der Waals surface area contributed by atoms with Crippen molar-refractivity contribution in [1.29, 1.82) is 0 Å². The maximum absolute atomic E-state index is 13.0. The Kier molecular flexibility index (Phi) is 6.38. The molecular weight excluding hydrogens is 375 g/mol. The van der Waals surface area contributed by atoms with Crippen molar-refractivity contribution < 1.29 is 18.0 Å². The summed E-state index contributed by atoms with van der Waals surface area (Å²) in [5, 5.41) is -0.399. The zero-order valence-corrected chi connectivity index (χ0v) is 16.7. The fourth-order valence-corrected chi connectivity index (χ4v) is 3.13. The van der Waals surface area contributed by atoms with Crippen LogP contribution in [0.15, 0.2) is 42.5 Å². The average Bonchev–Trinajstić information content (AvgIpc) is 2.53. The topological polar surface area (TPSA) is 17.1 Å². The zero-order chi connectivity index (χ0) is 20.4. The first-order valence-electron chi connectivity index (χ1n) is 8.69. The van der Waals surface area contributed by atoms with Crippen LogP contribution >= 0.6 is 11.6 Å². The second-order valence-electron chi connectivity index (χ2n) is 7.81. The van der Waals surface area contributed by atoms with Gasteiger partial charge in [-0.25, -0.2) is 0 Å². The van der Waals surface area contributed by atoms with Crippen molar-refractivity contribution in [2.45, 2.75) is 25.9 Å². The van der Waals surface area contributed by atoms with E-state index in [0.29, 0.717) is 10.9 Å². The molecule has 0 aliphatic carbocycles. The van der Waals surface area contributed by atoms with Gasteiger partial charge >= 0.3 is 6.18 Å². The highest BCUT2D eigenvalue weighted by Crippen LogP contribution is 2.35. The van der Waals surface area contributed by atoms with E-state index in [1.54, 1.807) is 0 Å². The Labute approximate surface area is 163 Å². The Morgan fingerprint density at radius 3 is 2.19 bits per heavy atom. The Hall–Kier alpha value is -1.85. The number of alkyl halides is 3. The highest BCUT2D eigenvalue weighted by molar-refractivity contribution is 6.31. The van der Waals surface area contributed by atoms with E-state index in [1.165, 1.54) is 11.8 Å². The summed E-state index contributed by atoms with van der Waals surface area (Å²) in [6.45, 7) is 1.92. The molecule has 2 aromatic carbocycles. The molecule has 2 nitrogen and oxygen atoms in total. The molecular formula is C21H24ClF3NO+. The van der Waals surface area contributed by atoms with Gasteiger partial charge in [-0.05, 0) is 48.2 Å². The van der Waals surface area contributed by atoms with E-state index in [4.69, 9.17) is 11.6 Å². The Morgan fingerprint density at radius 2 is 1.67 bits per heavy atom. The molecule has 27 heavy (non-hydrogen) atoms. The smallest absolute Gasteiger partial charge is 0.298 e. The van der Waals surface area contributed by atoms with Crippen molar-refractivity contribution in [3.8, 4) is 0 Å². The number of carbonyl (C=O) groups excluding carboxylic acids is 1. The van der Waals surface area contributed by atoms with Crippen LogP contribution < -0.4 is 4.48 Å². The van der Waals surface area contributed by atoms with Gasteiger partial charge in [0, 0.05) is 12.0 Å². The Morgan fingerprint density at radius 1 is 1.07 bits per heavy atom. The van der Waals surface area contributed by atoms with Crippen LogP contribution in [0.4, 0.5) is 18.9 Å². The van der Waals surface area contributed by atoms with Crippen LogP contribution in [0, 0.1) is 5.92 Å². The first-order valence-corrected chi connectivity index (χ1v) is 9.06. The highest BCUT2D eigenvalue weighted by atomic mass is 35.5. The van der Waals surface area contributed by atoms with Gasteiger partial charge < -0.3 is 0 Å². The number of quaternary nitrogens is 1. The fourth-order valence-electron chi connectivity index (χ4n) is 2.90. The third-order valence-corrected chi connectivity index (χ3v) is 4.75. The number of rotatable bonds is 6. The monoisotopic (exact) mass is 398 g/mol. The van der Waals surface area contributed by atoms with Crippen molar-refractivity contribution in [3.63, 3.8) is 0 Å². The Balaban J connectivity index is 2.06. The SMILES string of the molecule is CC(CC(=O)c1ccc(Cl)c(C(F)(F)F)c1)Cc1ccc([N+](C)(C)C)cc1. The van der Waals surface area contributed by atoms with Crippen molar-refractivity contribution in [2.24, 2.45) is 5.92 Å². The van der Waals surface area contributed by atoms with Gasteiger partial charge in [0.2, 0.25) is 0 Å². The van der Waals surface area contributed by atoms with Crippen LogP contribution in [0.2, 0.25) is 5.02 Å². The fraction of sp³-hybridized carbons (Fsp3) is 0.381. The molecule has 0 spiro atoms. The summed E-state index contributed by atoms with van der Waals surface area (Å²) in [6.07, 6.45) is -3.72. The first kappa shape index (κ1) is 21.5. The molecule has 0 saturated carbocycles. The third-order valence-electron chi connectivity index (χ3n) is 4.42. The molecule has 0 aromatic heterocycles. The number of carbonyl (C=O) groups is 1. The van der Waals surface area contributed by atoms with Gasteiger partial charge in [0.15, 0.2) is 5.78 Å². The molecule has 0 radical (unpaired) electrons. The molecule has 0 fully saturated rings. The van der Waals surface area contributed by atoms with Gasteiger partial charge in [-0.1, -0.05) is 30.7 Å². The molecule has 6 heteroatoms. The van der Waals surface area contributed by atoms with Crippen LogP contribution in [-0.2, 0) is 12.6 Å². The van der Waals surface area contributed by atoms with E-state index in [-0.39, 0.29) is 23.7 Å². The van der Waals surface area contributed by atoms with E-state index in [9.17, 15) is 18.0 Å². The van der Waals surface area contributed by atoms with E-state index in [2.05, 4.69) is 33.3 Å². The summed E-state index contributed by atoms with van der Waals surface area (Å²) < 4.78 is 39.6. The number of benzene rings is 2. The van der Waals surface area contributed by atoms with Crippen molar-refractivity contribution in [3.05, 3.63) is 64.2 Å². The number of hydrogen-bond acceptors (Lipinski definition) is 1. The minimum absolute atomic E-state index is 0.0116. The lowest BCUT2D eigenvalue weighted by Crippen LogP contribution is -2.34. The molecule has 0 bridgehead atoms. The second-order valence-corrected chi connectivity index (χ2v) is 8.22. The largest absolute Gasteiger partial charge is 0.417 e. The molecule has 0 saturated heterocycles. The summed E-state index contributed by atoms with van der Waals surface area (Å²) >= 11 is 5.61. The summed E-state index contributed by atoms with van der Waals surface area (Å²) in [6, 6.07) is 11.5. The van der Waals surface area contributed by atoms with E-state index < -0.39 is 16.8 Å². The summed E-state index contributed by atoms with van der Waals surface area (Å²) in [7, 11) is 6.24. The van der Waals surface area contributed by atoms with Gasteiger partial charge in [0.25, 0.3) is 0 Å². The summed E-state index contributed by atoms with van der Waals surface area (Å²) in [5.41, 5.74) is 1.33. The molecule has 2 aromatic rings. The molecule has 2 rings (SSSR count). The van der Waals surface area contributed by atoms with Crippen LogP contribution in [-0.4, -0.2) is 26.9 Å². The van der Waals surface area contributed by atoms with Gasteiger partial charge in [-0.3, -0.25) is 9.28 Å². The molecule has 0 amide bonds. The summed E-state index contributed by atoms with van der Waals surface area (Å²) in [5.74, 6) is -0.301. The highest BCUT2D eigenvalue weighted by Gasteiger charge is 2.33. The average molecular weight is 399 g/mol. The molecule has 1 unspecified atom stereocenters. The molecule has 146 valence electrons. The van der Waals surface area contributed by atoms with E-state index in [1.807, 2.05) is 19.1 Å². The van der Waals surface area contributed by atoms with E-state index >= 15 is 0 Å². The number of hydrogen-bond donors (Lipinski definition) is 0. The molecule has 1 atom stereocenters. The van der Waals surface area contributed by atoms with Crippen molar-refractivity contribution in [1.82, 2.24) is 4.48 Å². The lowest BCUT2D eigenvalue weighted by molar-refractivity contribution is -0.137. The number of Topliss-reactive ketones (excluding diaryl/α,β-unsaturated/α-hetero) is 1. The normalized spacial score (nSPS) is 13.5. The van der Waals surface area contributed by atoms with E-state index in [0.717, 1.165) is 17.7 Å². The van der Waals surface area contributed by atoms with Gasteiger partial charge in [-0.2, -0.15) is 13.2 Å². The lowest BCUT2D eigenvalue weighted by Gasteiger charge is -2.23. The van der Waals surface area contributed by atoms with Gasteiger partial charge in [0.05, 0.1) is 31.7 Å². The van der Waals surface area contributed by atoms with Crippen LogP contribution in [0.25, 0.3) is 0 Å². The molecule has 0 heterocycles. The minimum Gasteiger partial charge on any atom is -0.298 e. The maximum Gasteiger partial charge on any atom is 0.417 e. The molecule has 0 aliphatic heterocycles. The molecule has 0 aliphatic rings. The number of halogens is 4. The van der Waals surface area contributed by atoms with Gasteiger partial charge in [-0.15, -0.1) is 0 Å². The maximum atomic E-state index is 13.0. The zero-order valence-electron chi connectivity index (χ0n) is 15.9. The Bertz CT molecular complexity index is 808. The third kappa shape index (κ3) is 5.81. The van der Waals surface area contributed by atoms with Crippen molar-refractivity contribution >= 4 is 23.1 Å². The molecule has 0 N–H and O–H groups in total. The lowest BCUT2D eigenvalue weighted by atomic mass is 9.93. The van der Waals surface area contributed by atoms with Gasteiger partial charge in [0.1, 0.15) is 5.69 Å². The number of ketones is 1. The van der Waals surface area contributed by atoms with Crippen molar-refractivity contribution in [2.75, 3.05) is 21.1 Å². The van der Waals surface area contributed by atoms with Crippen LogP contribution in [0.3, 0.4) is 0 Å². The van der Waals surface area contributed by atoms with Crippen LogP contribution in [0.5, 0.6) is 0 Å². The van der Waals surface area contributed by atoms with Crippen LogP contribution in [0.1, 0.15) is 34.8 Å². The minimum atomic E-state index is -4.58. The number of nitrogens with zero attached hydrogens (tertiary/aromatic N) is 1. The quantitative estimate of drug-likeness (QED) is 0.430. The second kappa shape index (κ2) is 8.03. The first-order chi connectivity index (χ1) is 12.4. The summed E-state index contributed by atoms with van der Waals surface area (Å²) in [4.78, 5) is 12.4. The predicted octanol–water partition coefficient (Wildman–Crippen LogP) is 6.01. The predicted molar refractivity (Wildman–Crippen MR) is 104 cm³/mol.